The predicted molar refractivity (Wildman–Crippen MR) is 575 cm³/mol. The van der Waals surface area contributed by atoms with E-state index in [1.54, 1.807) is 0 Å². The smallest absolute Gasteiger partial charge is 0.164 e. The maximum Gasteiger partial charge on any atom is 0.164 e. The van der Waals surface area contributed by atoms with Gasteiger partial charge in [-0.3, -0.25) is 0 Å². The number of benzene rings is 20. The molecule has 0 bridgehead atoms. The summed E-state index contributed by atoms with van der Waals surface area (Å²) in [6.07, 6.45) is 0. The number of para-hydroxylation sites is 5. The molecule has 11 nitrogen and oxygen atoms in total. The molecule has 0 aliphatic carbocycles. The lowest BCUT2D eigenvalue weighted by Crippen LogP contribution is -2.09. The van der Waals surface area contributed by atoms with Crippen molar-refractivity contribution in [2.45, 2.75) is 5.92 Å². The van der Waals surface area contributed by atoms with Gasteiger partial charge >= 0.3 is 0 Å². The van der Waals surface area contributed by atoms with E-state index in [0.717, 1.165) is 134 Å². The summed E-state index contributed by atoms with van der Waals surface area (Å²) in [5, 5.41) is 11.7. The van der Waals surface area contributed by atoms with Crippen molar-refractivity contribution in [3.05, 3.63) is 508 Å². The van der Waals surface area contributed by atoms with Crippen LogP contribution in [-0.2, 0) is 0 Å². The first-order valence-electron chi connectivity index (χ1n) is 46.9. The summed E-state index contributed by atoms with van der Waals surface area (Å²) < 4.78 is 16.2. The van der Waals surface area contributed by atoms with Crippen LogP contribution in [0.4, 0.5) is 17.1 Å². The van der Waals surface area contributed by atoms with Gasteiger partial charge in [0, 0.05) is 137 Å². The molecule has 0 spiro atoms. The summed E-state index contributed by atoms with van der Waals surface area (Å²) in [6, 6.07) is 174. The van der Waals surface area contributed by atoms with E-state index in [1.165, 1.54) is 80.3 Å². The minimum atomic E-state index is 0.123. The van der Waals surface area contributed by atoms with E-state index in [0.29, 0.717) is 34.9 Å². The molecule has 7 aromatic heterocycles. The van der Waals surface area contributed by atoms with Gasteiger partial charge in [-0.2, -0.15) is 0 Å². The second-order valence-corrected chi connectivity index (χ2v) is 36.3. The molecule has 12 heteroatoms. The van der Waals surface area contributed by atoms with Crippen LogP contribution < -0.4 is 4.90 Å². The van der Waals surface area contributed by atoms with Crippen LogP contribution in [0.5, 0.6) is 0 Å². The number of hydrogen-bond acceptors (Lipinski definition) is 9. The molecule has 7 heterocycles. The van der Waals surface area contributed by atoms with Gasteiger partial charge in [-0.25, -0.2) is 29.9 Å². The Balaban J connectivity index is 0.000000153. The van der Waals surface area contributed by atoms with Crippen LogP contribution in [0.25, 0.3) is 215 Å². The summed E-state index contributed by atoms with van der Waals surface area (Å²) >= 11 is 1.81. The topological polar surface area (TPSA) is 109 Å². The van der Waals surface area contributed by atoms with E-state index in [-0.39, 0.29) is 5.92 Å². The molecular weight excluding hydrogens is 1710 g/mol. The molecule has 27 rings (SSSR count). The van der Waals surface area contributed by atoms with Gasteiger partial charge < -0.3 is 23.0 Å². The van der Waals surface area contributed by atoms with Gasteiger partial charge in [0.05, 0.1) is 33.1 Å². The van der Waals surface area contributed by atoms with Crippen molar-refractivity contribution in [2.24, 2.45) is 0 Å². The van der Waals surface area contributed by atoms with Crippen LogP contribution in [0, 0.1) is 0 Å². The summed E-state index contributed by atoms with van der Waals surface area (Å²) in [5.74, 6) is 3.97. The third-order valence-electron chi connectivity index (χ3n) is 26.9. The van der Waals surface area contributed by atoms with E-state index in [4.69, 9.17) is 34.3 Å². The van der Waals surface area contributed by atoms with Crippen LogP contribution in [0.2, 0.25) is 0 Å². The Morgan fingerprint density at radius 3 is 1.04 bits per heavy atom. The molecule has 0 unspecified atom stereocenters. The SMILES string of the molecule is c1ccc(-c2nc(-c3ccccc3)nc(-c3ccc(-n4c5ccccc5c5cc(-n6c7ccccc7c7ccc8c9ccccc9oc8c76)ccc54)cc3)n2)cc1.c1ccc(-c2nc(-c3ccccc3)nc(-c3ccc4sc5ccc(-n6c7ccc(-c8ccc(C(c9ccccc9)c9ccccc9)cc8)cc7c7cc(-c8ccc(N(c9ccccc9)c9ccccc9)cc8)ccc76)cc5c4c3)n2)cc1. The van der Waals surface area contributed by atoms with Crippen molar-refractivity contribution in [1.82, 2.24) is 43.6 Å². The lowest BCUT2D eigenvalue weighted by molar-refractivity contribution is 0.671. The molecule has 0 aliphatic heterocycles. The molecule has 0 saturated heterocycles. The first-order chi connectivity index (χ1) is 68.9. The molecule has 0 amide bonds. The quantitative estimate of drug-likeness (QED) is 0.0830. The monoisotopic (exact) mass is 1790 g/mol. The number of aromatic nitrogens is 9. The highest BCUT2D eigenvalue weighted by molar-refractivity contribution is 7.25. The Morgan fingerprint density at radius 1 is 0.201 bits per heavy atom. The average molecular weight is 1800 g/mol. The van der Waals surface area contributed by atoms with Crippen LogP contribution in [-0.4, -0.2) is 43.6 Å². The van der Waals surface area contributed by atoms with Crippen molar-refractivity contribution in [3.63, 3.8) is 0 Å². The van der Waals surface area contributed by atoms with E-state index in [1.807, 2.05) is 114 Å². The second kappa shape index (κ2) is 34.6. The number of fused-ring (bicyclic) bond motifs is 16. The van der Waals surface area contributed by atoms with E-state index in [2.05, 4.69) is 407 Å². The summed E-state index contributed by atoms with van der Waals surface area (Å²) in [4.78, 5) is 32.3. The number of rotatable bonds is 17. The molecule has 0 N–H and O–H groups in total. The lowest BCUT2D eigenvalue weighted by Gasteiger charge is -2.25. The summed E-state index contributed by atoms with van der Waals surface area (Å²) in [7, 11) is 0. The largest absolute Gasteiger partial charge is 0.454 e. The molecule has 652 valence electrons. The van der Waals surface area contributed by atoms with Gasteiger partial charge in [0.25, 0.3) is 0 Å². The molecule has 0 fully saturated rings. The fourth-order valence-corrected chi connectivity index (χ4v) is 21.4. The number of nitrogens with zero attached hydrogens (tertiary/aromatic N) is 10. The van der Waals surface area contributed by atoms with Crippen molar-refractivity contribution < 1.29 is 4.42 Å². The Labute approximate surface area is 804 Å². The minimum Gasteiger partial charge on any atom is -0.454 e. The fraction of sp³-hybridized carbons (Fsp3) is 0.00787. The van der Waals surface area contributed by atoms with Crippen LogP contribution in [0.1, 0.15) is 22.6 Å². The number of hydrogen-bond donors (Lipinski definition) is 0. The molecule has 20 aromatic carbocycles. The first kappa shape index (κ1) is 81.4. The van der Waals surface area contributed by atoms with Gasteiger partial charge in [-0.15, -0.1) is 11.3 Å². The van der Waals surface area contributed by atoms with Crippen molar-refractivity contribution in [2.75, 3.05) is 4.90 Å². The van der Waals surface area contributed by atoms with Gasteiger partial charge in [-0.1, -0.05) is 328 Å². The summed E-state index contributed by atoms with van der Waals surface area (Å²) in [6.45, 7) is 0. The molecule has 27 aromatic rings. The first-order valence-corrected chi connectivity index (χ1v) is 47.7. The number of furan rings is 1. The Kier molecular flexibility index (Phi) is 20.3. The van der Waals surface area contributed by atoms with Crippen LogP contribution in [0.15, 0.2) is 496 Å². The van der Waals surface area contributed by atoms with Crippen LogP contribution >= 0.6 is 11.3 Å². The molecule has 0 radical (unpaired) electrons. The molecule has 0 atom stereocenters. The van der Waals surface area contributed by atoms with Crippen molar-refractivity contribution in [3.8, 4) is 108 Å². The highest BCUT2D eigenvalue weighted by Gasteiger charge is 2.26. The van der Waals surface area contributed by atoms with Gasteiger partial charge in [-0.05, 0) is 203 Å². The Bertz CT molecular complexity index is 8960. The van der Waals surface area contributed by atoms with E-state index in [9.17, 15) is 0 Å². The maximum atomic E-state index is 6.64. The third-order valence-corrected chi connectivity index (χ3v) is 28.1. The lowest BCUT2D eigenvalue weighted by atomic mass is 9.84. The van der Waals surface area contributed by atoms with Crippen molar-refractivity contribution >= 4 is 136 Å². The standard InChI is InChI=1S/C76H51N5S.C51H31N5O/c1-7-19-53(20-8-1)73(54-21-9-2-10-22-54)55-33-31-51(32-34-55)58-37-43-69-65(47-58)66-48-59(52-35-40-63(41-36-52)80(61-27-15-5-16-28-61)62-29-17-6-18-30-62)38-44-70(66)81(69)64-42-46-72-68(50-64)67-49-60(39-45-71(67)82-72)76-78-74(56-23-11-3-12-24-56)77-75(79-76)57-25-13-4-14-26-57;1-3-13-32(14-4-1)49-52-50(33-15-5-2-6-16-33)54-51(53-49)34-23-25-35(26-24-34)55-43-20-10-8-18-38(43)42-31-36(27-30-45(42)55)56-44-21-11-7-17-37(44)40-28-29-41-39-19-9-12-22-46(39)57-48(41)47(40)56/h1-50,73H;1-31H. The predicted octanol–water partition coefficient (Wildman–Crippen LogP) is 33.3. The molecule has 0 saturated carbocycles. The zero-order chi connectivity index (χ0) is 91.8. The molecular formula is C127H82N10OS. The number of thiophene rings is 1. The van der Waals surface area contributed by atoms with E-state index >= 15 is 0 Å². The van der Waals surface area contributed by atoms with Crippen molar-refractivity contribution in [1.29, 1.82) is 0 Å². The van der Waals surface area contributed by atoms with Gasteiger partial charge in [0.15, 0.2) is 40.5 Å². The normalized spacial score (nSPS) is 11.7. The highest BCUT2D eigenvalue weighted by Crippen LogP contribution is 2.47. The Morgan fingerprint density at radius 2 is 0.518 bits per heavy atom. The molecule has 139 heavy (non-hydrogen) atoms. The van der Waals surface area contributed by atoms with Crippen LogP contribution in [0.3, 0.4) is 0 Å². The zero-order valence-electron chi connectivity index (χ0n) is 75.1. The van der Waals surface area contributed by atoms with E-state index < -0.39 is 0 Å². The maximum absolute atomic E-state index is 6.64. The Hall–Kier alpha value is -18.4. The average Bonchev–Trinajstić information content (AvgIpc) is 1.55. The summed E-state index contributed by atoms with van der Waals surface area (Å²) in [5.41, 5.74) is 29.2. The fourth-order valence-electron chi connectivity index (χ4n) is 20.4. The van der Waals surface area contributed by atoms with Gasteiger partial charge in [0.2, 0.25) is 0 Å². The number of anilines is 3. The second-order valence-electron chi connectivity index (χ2n) is 35.2. The van der Waals surface area contributed by atoms with Gasteiger partial charge in [0.1, 0.15) is 5.58 Å². The third kappa shape index (κ3) is 14.8. The highest BCUT2D eigenvalue weighted by atomic mass is 32.1. The molecule has 0 aliphatic rings. The zero-order valence-corrected chi connectivity index (χ0v) is 75.9. The minimum absolute atomic E-state index is 0.123.